The van der Waals surface area contributed by atoms with Crippen LogP contribution in [0.5, 0.6) is 0 Å². The Hall–Kier alpha value is -0.540. The van der Waals surface area contributed by atoms with Crippen molar-refractivity contribution in [3.05, 3.63) is 28.2 Å². The van der Waals surface area contributed by atoms with E-state index < -0.39 is 0 Å². The van der Waals surface area contributed by atoms with Gasteiger partial charge < -0.3 is 10.6 Å². The van der Waals surface area contributed by atoms with E-state index in [0.717, 1.165) is 18.9 Å². The number of halogens is 1. The molecule has 1 aliphatic rings. The van der Waals surface area contributed by atoms with Crippen molar-refractivity contribution in [2.45, 2.75) is 44.7 Å². The summed E-state index contributed by atoms with van der Waals surface area (Å²) in [4.78, 5) is 2.37. The van der Waals surface area contributed by atoms with E-state index in [1.165, 1.54) is 28.6 Å². The molecular weight excluding hydrogens is 276 g/mol. The zero-order valence-corrected chi connectivity index (χ0v) is 12.2. The van der Waals surface area contributed by atoms with Gasteiger partial charge in [0.25, 0.3) is 0 Å². The highest BCUT2D eigenvalue weighted by Crippen LogP contribution is 2.35. The molecule has 0 radical (unpaired) electrons. The highest BCUT2D eigenvalue weighted by Gasteiger charge is 2.27. The van der Waals surface area contributed by atoms with Crippen LogP contribution in [0.15, 0.2) is 22.7 Å². The van der Waals surface area contributed by atoms with E-state index in [4.69, 9.17) is 5.73 Å². The number of nitrogens with two attached hydrogens (primary N) is 1. The summed E-state index contributed by atoms with van der Waals surface area (Å²) in [5, 5.41) is 0. The molecule has 2 rings (SSSR count). The van der Waals surface area contributed by atoms with E-state index in [2.05, 4.69) is 53.0 Å². The minimum absolute atomic E-state index is 0.272. The molecule has 17 heavy (non-hydrogen) atoms. The second-order valence-electron chi connectivity index (χ2n) is 5.00. The molecule has 0 heterocycles. The van der Waals surface area contributed by atoms with Crippen LogP contribution in [0, 0.1) is 0 Å². The number of benzene rings is 1. The zero-order chi connectivity index (χ0) is 12.4. The lowest BCUT2D eigenvalue weighted by molar-refractivity contribution is 0.646. The van der Waals surface area contributed by atoms with Crippen LogP contribution >= 0.6 is 15.9 Å². The highest BCUT2D eigenvalue weighted by molar-refractivity contribution is 9.10. The number of hydrogen-bond acceptors (Lipinski definition) is 2. The van der Waals surface area contributed by atoms with Crippen LogP contribution in [0.4, 0.5) is 5.69 Å². The summed E-state index contributed by atoms with van der Waals surface area (Å²) in [6.45, 7) is 2.13. The Morgan fingerprint density at radius 1 is 1.47 bits per heavy atom. The highest BCUT2D eigenvalue weighted by atomic mass is 79.9. The molecule has 0 aromatic heterocycles. The lowest BCUT2D eigenvalue weighted by Gasteiger charge is -2.21. The van der Waals surface area contributed by atoms with Crippen LogP contribution in [0.25, 0.3) is 0 Å². The van der Waals surface area contributed by atoms with Crippen LogP contribution in [0.1, 0.15) is 31.7 Å². The molecule has 0 bridgehead atoms. The molecule has 3 heteroatoms. The predicted octanol–water partition coefficient (Wildman–Crippen LogP) is 3.33. The molecule has 2 N–H and O–H groups in total. The third-order valence-corrected chi connectivity index (χ3v) is 4.14. The van der Waals surface area contributed by atoms with Crippen LogP contribution in [0.3, 0.4) is 0 Å². The van der Waals surface area contributed by atoms with Crippen molar-refractivity contribution in [1.29, 1.82) is 0 Å². The number of anilines is 1. The van der Waals surface area contributed by atoms with Crippen molar-refractivity contribution in [3.63, 3.8) is 0 Å². The Labute approximate surface area is 112 Å². The van der Waals surface area contributed by atoms with Crippen molar-refractivity contribution in [1.82, 2.24) is 0 Å². The first-order valence-corrected chi connectivity index (χ1v) is 7.18. The van der Waals surface area contributed by atoms with E-state index in [1.54, 1.807) is 0 Å². The molecule has 1 aromatic rings. The molecule has 0 spiro atoms. The predicted molar refractivity (Wildman–Crippen MR) is 77.5 cm³/mol. The van der Waals surface area contributed by atoms with Crippen molar-refractivity contribution in [2.75, 3.05) is 11.9 Å². The lowest BCUT2D eigenvalue weighted by Crippen LogP contribution is -2.22. The lowest BCUT2D eigenvalue weighted by atomic mass is 10.0. The average Bonchev–Trinajstić information content (AvgIpc) is 3.12. The number of nitrogens with zero attached hydrogens (tertiary/aromatic N) is 1. The van der Waals surface area contributed by atoms with Crippen molar-refractivity contribution in [3.8, 4) is 0 Å². The minimum atomic E-state index is 0.272. The van der Waals surface area contributed by atoms with Gasteiger partial charge in [0, 0.05) is 23.6 Å². The van der Waals surface area contributed by atoms with Gasteiger partial charge >= 0.3 is 0 Å². The topological polar surface area (TPSA) is 29.3 Å². The van der Waals surface area contributed by atoms with Crippen molar-refractivity contribution in [2.24, 2.45) is 5.73 Å². The number of rotatable bonds is 5. The molecule has 0 saturated heterocycles. The van der Waals surface area contributed by atoms with Crippen molar-refractivity contribution < 1.29 is 0 Å². The molecule has 0 amide bonds. The first-order valence-electron chi connectivity index (χ1n) is 6.38. The van der Waals surface area contributed by atoms with Gasteiger partial charge in [0.15, 0.2) is 0 Å². The van der Waals surface area contributed by atoms with E-state index in [9.17, 15) is 0 Å². The Bertz CT molecular complexity index is 388. The van der Waals surface area contributed by atoms with Gasteiger partial charge in [0.2, 0.25) is 0 Å². The fourth-order valence-electron chi connectivity index (χ4n) is 2.07. The molecule has 1 unspecified atom stereocenters. The van der Waals surface area contributed by atoms with Gasteiger partial charge in [-0.25, -0.2) is 0 Å². The fourth-order valence-corrected chi connectivity index (χ4v) is 2.77. The van der Waals surface area contributed by atoms with Gasteiger partial charge in [-0.3, -0.25) is 0 Å². The summed E-state index contributed by atoms with van der Waals surface area (Å²) < 4.78 is 1.19. The van der Waals surface area contributed by atoms with Crippen LogP contribution in [0.2, 0.25) is 0 Å². The Morgan fingerprint density at radius 2 is 2.18 bits per heavy atom. The van der Waals surface area contributed by atoms with Gasteiger partial charge in [-0.15, -0.1) is 0 Å². The van der Waals surface area contributed by atoms with E-state index in [0.29, 0.717) is 0 Å². The summed E-state index contributed by atoms with van der Waals surface area (Å²) in [7, 11) is 2.18. The quantitative estimate of drug-likeness (QED) is 0.903. The molecule has 1 atom stereocenters. The summed E-state index contributed by atoms with van der Waals surface area (Å²) >= 11 is 3.67. The summed E-state index contributed by atoms with van der Waals surface area (Å²) in [5.74, 6) is 0. The minimum Gasteiger partial charge on any atom is -0.371 e. The monoisotopic (exact) mass is 296 g/mol. The summed E-state index contributed by atoms with van der Waals surface area (Å²) in [6, 6.07) is 7.64. The van der Waals surface area contributed by atoms with Crippen LogP contribution in [-0.2, 0) is 6.42 Å². The standard InChI is InChI=1S/C14H21BrN2/c1-3-11(16)8-10-4-7-14(13(15)9-10)17(2)12-5-6-12/h4,7,9,11-12H,3,5-6,8,16H2,1-2H3. The molecule has 94 valence electrons. The Morgan fingerprint density at radius 3 is 2.71 bits per heavy atom. The van der Waals surface area contributed by atoms with Gasteiger partial charge in [-0.05, 0) is 59.3 Å². The Balaban J connectivity index is 2.10. The molecule has 2 nitrogen and oxygen atoms in total. The van der Waals surface area contributed by atoms with Gasteiger partial charge in [-0.2, -0.15) is 0 Å². The second-order valence-corrected chi connectivity index (χ2v) is 5.85. The molecule has 1 aliphatic carbocycles. The van der Waals surface area contributed by atoms with Gasteiger partial charge in [0.05, 0.1) is 5.69 Å². The largest absolute Gasteiger partial charge is 0.371 e. The molecule has 1 saturated carbocycles. The zero-order valence-electron chi connectivity index (χ0n) is 10.6. The molecule has 1 fully saturated rings. The summed E-state index contributed by atoms with van der Waals surface area (Å²) in [6.07, 6.45) is 4.64. The first kappa shape index (κ1) is 12.9. The van der Waals surface area contributed by atoms with Crippen LogP contribution < -0.4 is 10.6 Å². The Kier molecular flexibility index (Phi) is 4.10. The van der Waals surface area contributed by atoms with Crippen molar-refractivity contribution >= 4 is 21.6 Å². The summed E-state index contributed by atoms with van der Waals surface area (Å²) in [5.41, 5.74) is 8.60. The van der Waals surface area contributed by atoms with Gasteiger partial charge in [0.1, 0.15) is 0 Å². The maximum absolute atomic E-state index is 5.99. The van der Waals surface area contributed by atoms with E-state index in [1.807, 2.05) is 0 Å². The third kappa shape index (κ3) is 3.23. The first-order chi connectivity index (χ1) is 8.11. The second kappa shape index (κ2) is 5.40. The average molecular weight is 297 g/mol. The maximum atomic E-state index is 5.99. The molecule has 0 aliphatic heterocycles. The fraction of sp³-hybridized carbons (Fsp3) is 0.571. The van der Waals surface area contributed by atoms with E-state index >= 15 is 0 Å². The normalized spacial score (nSPS) is 16.9. The van der Waals surface area contributed by atoms with E-state index in [-0.39, 0.29) is 6.04 Å². The van der Waals surface area contributed by atoms with Gasteiger partial charge in [-0.1, -0.05) is 13.0 Å². The third-order valence-electron chi connectivity index (χ3n) is 3.51. The SMILES string of the molecule is CCC(N)Cc1ccc(N(C)C2CC2)c(Br)c1. The van der Waals surface area contributed by atoms with Crippen LogP contribution in [-0.4, -0.2) is 19.1 Å². The molecule has 1 aromatic carbocycles. The molecular formula is C14H21BrN2. The maximum Gasteiger partial charge on any atom is 0.0510 e. The smallest absolute Gasteiger partial charge is 0.0510 e. The number of hydrogen-bond donors (Lipinski definition) is 1.